The molecule has 6 nitrogen and oxygen atoms in total. The van der Waals surface area contributed by atoms with E-state index in [-0.39, 0.29) is 22.1 Å². The van der Waals surface area contributed by atoms with E-state index in [0.29, 0.717) is 12.2 Å². The van der Waals surface area contributed by atoms with E-state index in [1.165, 1.54) is 0 Å². The Bertz CT molecular complexity index is 393. The highest BCUT2D eigenvalue weighted by Crippen LogP contribution is 2.10. The summed E-state index contributed by atoms with van der Waals surface area (Å²) < 4.78 is 10.9. The van der Waals surface area contributed by atoms with Gasteiger partial charge in [0.15, 0.2) is 0 Å². The smallest absolute Gasteiger partial charge is 0.282 e. The highest BCUT2D eigenvalue weighted by atomic mass is 32.2. The lowest BCUT2D eigenvalue weighted by molar-refractivity contribution is 0.0938. The quantitative estimate of drug-likeness (QED) is 0.778. The molecule has 0 saturated carbocycles. The van der Waals surface area contributed by atoms with Gasteiger partial charge in [0.1, 0.15) is 0 Å². The lowest BCUT2D eigenvalue weighted by Gasteiger charge is -2.11. The van der Waals surface area contributed by atoms with Crippen molar-refractivity contribution < 1.29 is 9.00 Å². The van der Waals surface area contributed by atoms with Crippen LogP contribution in [0, 0.1) is 0 Å². The zero-order chi connectivity index (χ0) is 12.1. The Labute approximate surface area is 100 Å². The summed E-state index contributed by atoms with van der Waals surface area (Å²) in [6.45, 7) is 1.86. The molecule has 1 aromatic rings. The number of rotatable bonds is 5. The molecule has 90 valence electrons. The minimum Gasteiger partial charge on any atom is -0.374 e. The highest BCUT2D eigenvalue weighted by Gasteiger charge is 2.14. The van der Waals surface area contributed by atoms with Crippen LogP contribution in [0.1, 0.15) is 23.1 Å². The summed E-state index contributed by atoms with van der Waals surface area (Å²) in [5.74, 6) is 0.281. The van der Waals surface area contributed by atoms with Crippen LogP contribution in [-0.4, -0.2) is 38.4 Å². The fourth-order valence-electron chi connectivity index (χ4n) is 1.03. The Hall–Kier alpha value is -1.02. The van der Waals surface area contributed by atoms with Gasteiger partial charge in [-0.15, -0.1) is 10.2 Å². The average molecular weight is 262 g/mol. The maximum Gasteiger partial charge on any atom is 0.282 e. The molecule has 0 aliphatic carbocycles. The normalized spacial score (nSPS) is 14.4. The molecule has 0 bridgehead atoms. The molecule has 2 unspecified atom stereocenters. The van der Waals surface area contributed by atoms with E-state index in [9.17, 15) is 9.00 Å². The molecule has 16 heavy (non-hydrogen) atoms. The average Bonchev–Trinajstić information content (AvgIpc) is 2.62. The molecule has 1 rings (SSSR count). The standard InChI is InChI=1S/C8H14N4O2S2/c1-5(3-4-16(2)14)10-6(13)7-11-12-8(9)15-7/h5H,3-4H2,1-2H3,(H2,9,12)(H,10,13). The second kappa shape index (κ2) is 5.90. The van der Waals surface area contributed by atoms with Crippen LogP contribution >= 0.6 is 11.3 Å². The van der Waals surface area contributed by atoms with Crippen molar-refractivity contribution in [3.05, 3.63) is 5.01 Å². The lowest BCUT2D eigenvalue weighted by Crippen LogP contribution is -2.33. The fraction of sp³-hybridized carbons (Fsp3) is 0.625. The number of carbonyl (C=O) groups is 1. The van der Waals surface area contributed by atoms with Gasteiger partial charge in [0, 0.05) is 28.9 Å². The van der Waals surface area contributed by atoms with Crippen LogP contribution in [0.5, 0.6) is 0 Å². The van der Waals surface area contributed by atoms with E-state index in [4.69, 9.17) is 5.73 Å². The van der Waals surface area contributed by atoms with Crippen molar-refractivity contribution in [1.29, 1.82) is 0 Å². The molecule has 0 aromatic carbocycles. The number of carbonyl (C=O) groups excluding carboxylic acids is 1. The predicted molar refractivity (Wildman–Crippen MR) is 64.8 cm³/mol. The van der Waals surface area contributed by atoms with Crippen molar-refractivity contribution in [3.8, 4) is 0 Å². The van der Waals surface area contributed by atoms with Gasteiger partial charge < -0.3 is 11.1 Å². The lowest BCUT2D eigenvalue weighted by atomic mass is 10.2. The van der Waals surface area contributed by atoms with Crippen LogP contribution in [0.15, 0.2) is 0 Å². The Morgan fingerprint density at radius 2 is 2.31 bits per heavy atom. The van der Waals surface area contributed by atoms with E-state index in [1.54, 1.807) is 6.26 Å². The first-order valence-electron chi connectivity index (χ1n) is 4.69. The van der Waals surface area contributed by atoms with Crippen molar-refractivity contribution in [2.24, 2.45) is 0 Å². The summed E-state index contributed by atoms with van der Waals surface area (Å²) in [5.41, 5.74) is 5.37. The van der Waals surface area contributed by atoms with Crippen molar-refractivity contribution in [2.45, 2.75) is 19.4 Å². The number of hydrogen-bond acceptors (Lipinski definition) is 6. The van der Waals surface area contributed by atoms with E-state index in [0.717, 1.165) is 11.3 Å². The second-order valence-corrected chi connectivity index (χ2v) is 5.95. The van der Waals surface area contributed by atoms with E-state index in [2.05, 4.69) is 15.5 Å². The molecule has 0 radical (unpaired) electrons. The molecular formula is C8H14N4O2S2. The number of amides is 1. The summed E-state index contributed by atoms with van der Waals surface area (Å²) in [4.78, 5) is 11.6. The van der Waals surface area contributed by atoms with Gasteiger partial charge in [0.25, 0.3) is 5.91 Å². The molecular weight excluding hydrogens is 248 g/mol. The topological polar surface area (TPSA) is 98.0 Å². The third-order valence-electron chi connectivity index (χ3n) is 1.85. The molecule has 1 amide bonds. The van der Waals surface area contributed by atoms with Gasteiger partial charge in [-0.1, -0.05) is 11.3 Å². The summed E-state index contributed by atoms with van der Waals surface area (Å²) in [5, 5.41) is 10.5. The number of hydrogen-bond donors (Lipinski definition) is 2. The number of nitrogen functional groups attached to an aromatic ring is 1. The Morgan fingerprint density at radius 3 is 2.81 bits per heavy atom. The maximum atomic E-state index is 11.6. The Morgan fingerprint density at radius 1 is 1.62 bits per heavy atom. The van der Waals surface area contributed by atoms with E-state index in [1.807, 2.05) is 6.92 Å². The number of nitrogens with zero attached hydrogens (tertiary/aromatic N) is 2. The Kier molecular flexibility index (Phi) is 4.81. The minimum absolute atomic E-state index is 0.0403. The third-order valence-corrected chi connectivity index (χ3v) is 3.41. The highest BCUT2D eigenvalue weighted by molar-refractivity contribution is 7.84. The zero-order valence-corrected chi connectivity index (χ0v) is 10.7. The van der Waals surface area contributed by atoms with Gasteiger partial charge >= 0.3 is 0 Å². The first kappa shape index (κ1) is 13.0. The molecule has 3 N–H and O–H groups in total. The summed E-state index contributed by atoms with van der Waals surface area (Å²) in [6, 6.07) is -0.0403. The molecule has 0 spiro atoms. The molecule has 8 heteroatoms. The first-order valence-corrected chi connectivity index (χ1v) is 7.23. The zero-order valence-electron chi connectivity index (χ0n) is 9.10. The van der Waals surface area contributed by atoms with Gasteiger partial charge in [0.05, 0.1) is 0 Å². The van der Waals surface area contributed by atoms with Crippen LogP contribution < -0.4 is 11.1 Å². The van der Waals surface area contributed by atoms with E-state index < -0.39 is 10.8 Å². The second-order valence-electron chi connectivity index (χ2n) is 3.39. The fourth-order valence-corrected chi connectivity index (χ4v) is 2.23. The molecule has 2 atom stereocenters. The third kappa shape index (κ3) is 4.23. The molecule has 0 aliphatic heterocycles. The number of nitrogens with two attached hydrogens (primary N) is 1. The van der Waals surface area contributed by atoms with Crippen LogP contribution in [0.4, 0.5) is 5.13 Å². The predicted octanol–water partition coefficient (Wildman–Crippen LogP) is 0.00720. The van der Waals surface area contributed by atoms with Crippen LogP contribution in [0.3, 0.4) is 0 Å². The molecule has 1 heterocycles. The van der Waals surface area contributed by atoms with Gasteiger partial charge in [-0.2, -0.15) is 0 Å². The summed E-state index contributed by atoms with van der Waals surface area (Å²) in [7, 11) is -0.838. The van der Waals surface area contributed by atoms with Gasteiger partial charge in [-0.25, -0.2) is 0 Å². The SMILES string of the molecule is CC(CCS(C)=O)NC(=O)c1nnc(N)s1. The first-order chi connectivity index (χ1) is 7.49. The molecule has 0 fully saturated rings. The van der Waals surface area contributed by atoms with Crippen LogP contribution in [0.2, 0.25) is 0 Å². The Balaban J connectivity index is 2.42. The molecule has 0 saturated heterocycles. The minimum atomic E-state index is -0.838. The van der Waals surface area contributed by atoms with Gasteiger partial charge in [0.2, 0.25) is 10.1 Å². The van der Waals surface area contributed by atoms with Gasteiger partial charge in [-0.05, 0) is 13.3 Å². The number of aromatic nitrogens is 2. The van der Waals surface area contributed by atoms with Crippen LogP contribution in [-0.2, 0) is 10.8 Å². The molecule has 1 aromatic heterocycles. The number of nitrogens with one attached hydrogen (secondary N) is 1. The molecule has 0 aliphatic rings. The summed E-state index contributed by atoms with van der Waals surface area (Å²) >= 11 is 1.05. The monoisotopic (exact) mass is 262 g/mol. The van der Waals surface area contributed by atoms with Gasteiger partial charge in [-0.3, -0.25) is 9.00 Å². The largest absolute Gasteiger partial charge is 0.374 e. The summed E-state index contributed by atoms with van der Waals surface area (Å²) in [6.07, 6.45) is 2.31. The van der Waals surface area contributed by atoms with Crippen molar-refractivity contribution in [3.63, 3.8) is 0 Å². The van der Waals surface area contributed by atoms with Crippen LogP contribution in [0.25, 0.3) is 0 Å². The van der Waals surface area contributed by atoms with Crippen molar-refractivity contribution >= 4 is 33.2 Å². The van der Waals surface area contributed by atoms with Crippen molar-refractivity contribution in [2.75, 3.05) is 17.7 Å². The van der Waals surface area contributed by atoms with E-state index >= 15 is 0 Å². The maximum absolute atomic E-state index is 11.6. The number of anilines is 1. The van der Waals surface area contributed by atoms with Crippen molar-refractivity contribution in [1.82, 2.24) is 15.5 Å².